The highest BCUT2D eigenvalue weighted by Crippen LogP contribution is 2.26. The zero-order valence-electron chi connectivity index (χ0n) is 13.6. The molecule has 1 aromatic rings. The van der Waals surface area contributed by atoms with Gasteiger partial charge in [-0.15, -0.1) is 0 Å². The maximum absolute atomic E-state index is 12.8. The number of halogens is 1. The molecule has 2 aliphatic rings. The largest absolute Gasteiger partial charge is 0.353 e. The average Bonchev–Trinajstić information content (AvgIpc) is 3.08. The summed E-state index contributed by atoms with van der Waals surface area (Å²) >= 11 is 3.32. The van der Waals surface area contributed by atoms with Gasteiger partial charge in [-0.3, -0.25) is 4.79 Å². The lowest BCUT2D eigenvalue weighted by Crippen LogP contribution is -2.47. The first-order valence-electron chi connectivity index (χ1n) is 8.53. The molecule has 1 heterocycles. The van der Waals surface area contributed by atoms with Gasteiger partial charge < -0.3 is 5.32 Å². The van der Waals surface area contributed by atoms with Gasteiger partial charge in [0, 0.05) is 23.6 Å². The number of amides is 1. The third-order valence-corrected chi connectivity index (χ3v) is 7.32. The SMILES string of the molecule is O=C(NC1CCCC1)[C@@H]1CCCN(S(=O)(=O)c2ccc(Br)cc2)C1. The Morgan fingerprint density at radius 2 is 1.75 bits per heavy atom. The summed E-state index contributed by atoms with van der Waals surface area (Å²) in [6.45, 7) is 0.753. The number of benzene rings is 1. The minimum Gasteiger partial charge on any atom is -0.353 e. The number of rotatable bonds is 4. The maximum Gasteiger partial charge on any atom is 0.243 e. The second-order valence-electron chi connectivity index (χ2n) is 6.65. The van der Waals surface area contributed by atoms with Gasteiger partial charge in [0.2, 0.25) is 15.9 Å². The number of piperidine rings is 1. The second-order valence-corrected chi connectivity index (χ2v) is 9.50. The van der Waals surface area contributed by atoms with Crippen molar-refractivity contribution >= 4 is 31.9 Å². The van der Waals surface area contributed by atoms with Crippen LogP contribution in [0.4, 0.5) is 0 Å². The standard InChI is InChI=1S/C17H23BrN2O3S/c18-14-7-9-16(10-8-14)24(22,23)20-11-3-4-13(12-20)17(21)19-15-5-1-2-6-15/h7-10,13,15H,1-6,11-12H2,(H,19,21)/t13-/m1/s1. The quantitative estimate of drug-likeness (QED) is 0.823. The Bertz CT molecular complexity index is 684. The van der Waals surface area contributed by atoms with Gasteiger partial charge >= 0.3 is 0 Å². The molecule has 0 unspecified atom stereocenters. The Hall–Kier alpha value is -0.920. The van der Waals surface area contributed by atoms with Crippen LogP contribution in [0.5, 0.6) is 0 Å². The van der Waals surface area contributed by atoms with Gasteiger partial charge in [0.15, 0.2) is 0 Å². The van der Waals surface area contributed by atoms with Gasteiger partial charge in [-0.05, 0) is 49.9 Å². The van der Waals surface area contributed by atoms with E-state index in [0.717, 1.165) is 30.2 Å². The topological polar surface area (TPSA) is 66.5 Å². The van der Waals surface area contributed by atoms with E-state index in [-0.39, 0.29) is 29.3 Å². The minimum absolute atomic E-state index is 0.0117. The van der Waals surface area contributed by atoms with Crippen molar-refractivity contribution in [2.75, 3.05) is 13.1 Å². The summed E-state index contributed by atoms with van der Waals surface area (Å²) in [6, 6.07) is 6.92. The fourth-order valence-electron chi connectivity index (χ4n) is 3.52. The molecule has 24 heavy (non-hydrogen) atoms. The van der Waals surface area contributed by atoms with Crippen molar-refractivity contribution in [3.8, 4) is 0 Å². The Labute approximate surface area is 152 Å². The Morgan fingerprint density at radius 1 is 1.08 bits per heavy atom. The third-order valence-electron chi connectivity index (χ3n) is 4.91. The zero-order chi connectivity index (χ0) is 17.2. The maximum atomic E-state index is 12.8. The van der Waals surface area contributed by atoms with Crippen molar-refractivity contribution in [2.24, 2.45) is 5.92 Å². The second kappa shape index (κ2) is 7.54. The minimum atomic E-state index is -3.54. The van der Waals surface area contributed by atoms with E-state index in [9.17, 15) is 13.2 Å². The van der Waals surface area contributed by atoms with Crippen LogP contribution in [0, 0.1) is 5.92 Å². The summed E-state index contributed by atoms with van der Waals surface area (Å²) in [5.41, 5.74) is 0. The third kappa shape index (κ3) is 4.00. The van der Waals surface area contributed by atoms with Crippen molar-refractivity contribution in [3.05, 3.63) is 28.7 Å². The molecule has 1 aliphatic heterocycles. The van der Waals surface area contributed by atoms with Crippen molar-refractivity contribution in [2.45, 2.75) is 49.5 Å². The van der Waals surface area contributed by atoms with Gasteiger partial charge in [0.25, 0.3) is 0 Å². The van der Waals surface area contributed by atoms with Crippen LogP contribution in [-0.2, 0) is 14.8 Å². The normalized spacial score (nSPS) is 23.3. The summed E-state index contributed by atoms with van der Waals surface area (Å²) in [4.78, 5) is 12.7. The van der Waals surface area contributed by atoms with Gasteiger partial charge in [0.05, 0.1) is 10.8 Å². The van der Waals surface area contributed by atoms with Crippen LogP contribution in [0.1, 0.15) is 38.5 Å². The number of nitrogens with one attached hydrogen (secondary N) is 1. The van der Waals surface area contributed by atoms with E-state index in [1.165, 1.54) is 17.1 Å². The highest BCUT2D eigenvalue weighted by molar-refractivity contribution is 9.10. The van der Waals surface area contributed by atoms with Crippen LogP contribution in [-0.4, -0.2) is 37.8 Å². The van der Waals surface area contributed by atoms with Gasteiger partial charge in [-0.25, -0.2) is 8.42 Å². The number of hydrogen-bond donors (Lipinski definition) is 1. The molecule has 1 atom stereocenters. The molecule has 3 rings (SSSR count). The lowest BCUT2D eigenvalue weighted by Gasteiger charge is -2.31. The first-order valence-corrected chi connectivity index (χ1v) is 10.8. The predicted molar refractivity (Wildman–Crippen MR) is 96.0 cm³/mol. The molecule has 7 heteroatoms. The smallest absolute Gasteiger partial charge is 0.243 e. The molecule has 2 fully saturated rings. The van der Waals surface area contributed by atoms with E-state index in [1.807, 2.05) is 0 Å². The van der Waals surface area contributed by atoms with Crippen LogP contribution < -0.4 is 5.32 Å². The fraction of sp³-hybridized carbons (Fsp3) is 0.588. The molecule has 1 saturated carbocycles. The number of nitrogens with zero attached hydrogens (tertiary/aromatic N) is 1. The lowest BCUT2D eigenvalue weighted by atomic mass is 9.98. The lowest BCUT2D eigenvalue weighted by molar-refractivity contribution is -0.126. The zero-order valence-corrected chi connectivity index (χ0v) is 16.0. The van der Waals surface area contributed by atoms with Crippen LogP contribution in [0.15, 0.2) is 33.6 Å². The molecule has 1 amide bonds. The molecule has 132 valence electrons. The van der Waals surface area contributed by atoms with E-state index >= 15 is 0 Å². The highest BCUT2D eigenvalue weighted by Gasteiger charge is 2.34. The monoisotopic (exact) mass is 414 g/mol. The van der Waals surface area contributed by atoms with E-state index < -0.39 is 10.0 Å². The fourth-order valence-corrected chi connectivity index (χ4v) is 5.31. The number of hydrogen-bond acceptors (Lipinski definition) is 3. The van der Waals surface area contributed by atoms with Crippen molar-refractivity contribution < 1.29 is 13.2 Å². The molecule has 1 aliphatic carbocycles. The van der Waals surface area contributed by atoms with Crippen molar-refractivity contribution in [1.82, 2.24) is 9.62 Å². The van der Waals surface area contributed by atoms with Gasteiger partial charge in [0.1, 0.15) is 0 Å². The van der Waals surface area contributed by atoms with Gasteiger partial charge in [-0.1, -0.05) is 28.8 Å². The molecule has 1 aromatic carbocycles. The van der Waals surface area contributed by atoms with Crippen molar-refractivity contribution in [3.63, 3.8) is 0 Å². The summed E-state index contributed by atoms with van der Waals surface area (Å²) in [5.74, 6) is -0.234. The van der Waals surface area contributed by atoms with Gasteiger partial charge in [-0.2, -0.15) is 4.31 Å². The Morgan fingerprint density at radius 3 is 2.42 bits per heavy atom. The molecule has 0 bridgehead atoms. The number of carbonyl (C=O) groups excluding carboxylic acids is 1. The number of carbonyl (C=O) groups is 1. The molecule has 5 nitrogen and oxygen atoms in total. The molecule has 0 spiro atoms. The summed E-state index contributed by atoms with van der Waals surface area (Å²) in [6.07, 6.45) is 5.89. The van der Waals surface area contributed by atoms with E-state index in [0.29, 0.717) is 6.54 Å². The van der Waals surface area contributed by atoms with E-state index in [1.54, 1.807) is 24.3 Å². The summed E-state index contributed by atoms with van der Waals surface area (Å²) < 4.78 is 27.9. The Kier molecular flexibility index (Phi) is 5.62. The highest BCUT2D eigenvalue weighted by atomic mass is 79.9. The summed E-state index contributed by atoms with van der Waals surface area (Å²) in [7, 11) is -3.54. The number of sulfonamides is 1. The molecule has 1 saturated heterocycles. The molecule has 1 N–H and O–H groups in total. The van der Waals surface area contributed by atoms with E-state index in [2.05, 4.69) is 21.2 Å². The Balaban J connectivity index is 1.68. The predicted octanol–water partition coefficient (Wildman–Crippen LogP) is 2.91. The first-order chi connectivity index (χ1) is 11.5. The average molecular weight is 415 g/mol. The molecule has 0 aromatic heterocycles. The van der Waals surface area contributed by atoms with Crippen LogP contribution >= 0.6 is 15.9 Å². The molecular weight excluding hydrogens is 392 g/mol. The first kappa shape index (κ1) is 17.9. The summed E-state index contributed by atoms with van der Waals surface area (Å²) in [5, 5.41) is 3.10. The molecule has 0 radical (unpaired) electrons. The van der Waals surface area contributed by atoms with Crippen LogP contribution in [0.3, 0.4) is 0 Å². The molecular formula is C17H23BrN2O3S. The van der Waals surface area contributed by atoms with E-state index in [4.69, 9.17) is 0 Å². The van der Waals surface area contributed by atoms with Crippen LogP contribution in [0.2, 0.25) is 0 Å². The van der Waals surface area contributed by atoms with Crippen molar-refractivity contribution in [1.29, 1.82) is 0 Å². The van der Waals surface area contributed by atoms with Crippen LogP contribution in [0.25, 0.3) is 0 Å².